The van der Waals surface area contributed by atoms with E-state index >= 15 is 0 Å². The Morgan fingerprint density at radius 2 is 1.84 bits per heavy atom. The summed E-state index contributed by atoms with van der Waals surface area (Å²) in [5.41, 5.74) is 2.55. The van der Waals surface area contributed by atoms with Gasteiger partial charge in [-0.2, -0.15) is 0 Å². The summed E-state index contributed by atoms with van der Waals surface area (Å²) in [6.45, 7) is 7.75. The second-order valence-electron chi connectivity index (χ2n) is 5.11. The average molecular weight is 264 g/mol. The first-order valence-electron chi connectivity index (χ1n) is 7.30. The van der Waals surface area contributed by atoms with Gasteiger partial charge in [0.15, 0.2) is 0 Å². The lowest BCUT2D eigenvalue weighted by atomic mass is 10.0. The van der Waals surface area contributed by atoms with Crippen LogP contribution >= 0.6 is 0 Å². The Kier molecular flexibility index (Phi) is 6.89. The number of anilines is 1. The Morgan fingerprint density at radius 3 is 2.32 bits per heavy atom. The van der Waals surface area contributed by atoms with Gasteiger partial charge < -0.3 is 15.3 Å². The molecule has 0 saturated heterocycles. The summed E-state index contributed by atoms with van der Waals surface area (Å²) in [4.78, 5) is 2.22. The molecule has 1 aromatic rings. The zero-order valence-electron chi connectivity index (χ0n) is 12.7. The number of aliphatic hydroxyl groups excluding tert-OH is 1. The van der Waals surface area contributed by atoms with Crippen molar-refractivity contribution in [1.82, 2.24) is 5.32 Å². The number of hydrogen-bond acceptors (Lipinski definition) is 3. The number of nitrogens with zero attached hydrogens (tertiary/aromatic N) is 1. The largest absolute Gasteiger partial charge is 0.396 e. The summed E-state index contributed by atoms with van der Waals surface area (Å²) < 4.78 is 0. The molecule has 0 aromatic heterocycles. The fourth-order valence-corrected chi connectivity index (χ4v) is 2.21. The molecule has 2 atom stereocenters. The van der Waals surface area contributed by atoms with Crippen LogP contribution in [0.4, 0.5) is 5.69 Å². The van der Waals surface area contributed by atoms with Gasteiger partial charge in [-0.3, -0.25) is 0 Å². The molecule has 3 heteroatoms. The van der Waals surface area contributed by atoms with Crippen molar-refractivity contribution in [3.63, 3.8) is 0 Å². The third-order valence-corrected chi connectivity index (χ3v) is 3.76. The molecule has 0 aliphatic heterocycles. The lowest BCUT2D eigenvalue weighted by molar-refractivity contribution is 0.257. The first-order chi connectivity index (χ1) is 9.12. The van der Waals surface area contributed by atoms with E-state index in [9.17, 15) is 0 Å². The zero-order chi connectivity index (χ0) is 14.3. The SMILES string of the molecule is CCC(CCO)NC(C)c1ccc(N(C)CC)cc1. The van der Waals surface area contributed by atoms with Crippen LogP contribution in [0.15, 0.2) is 24.3 Å². The van der Waals surface area contributed by atoms with Gasteiger partial charge in [-0.05, 0) is 44.4 Å². The van der Waals surface area contributed by atoms with Gasteiger partial charge >= 0.3 is 0 Å². The van der Waals surface area contributed by atoms with Crippen LogP contribution in [0, 0.1) is 0 Å². The van der Waals surface area contributed by atoms with Crippen LogP contribution in [0.5, 0.6) is 0 Å². The third kappa shape index (κ3) is 4.84. The predicted molar refractivity (Wildman–Crippen MR) is 82.7 cm³/mol. The molecule has 2 unspecified atom stereocenters. The molecule has 0 aliphatic carbocycles. The number of benzene rings is 1. The maximum atomic E-state index is 9.03. The van der Waals surface area contributed by atoms with Crippen LogP contribution in [-0.4, -0.2) is 31.3 Å². The molecule has 0 heterocycles. The quantitative estimate of drug-likeness (QED) is 0.758. The topological polar surface area (TPSA) is 35.5 Å². The molecule has 19 heavy (non-hydrogen) atoms. The summed E-state index contributed by atoms with van der Waals surface area (Å²) in [7, 11) is 2.10. The summed E-state index contributed by atoms with van der Waals surface area (Å²) in [6, 6.07) is 9.42. The van der Waals surface area contributed by atoms with Gasteiger partial charge in [0.05, 0.1) is 0 Å². The van der Waals surface area contributed by atoms with E-state index in [1.54, 1.807) is 0 Å². The van der Waals surface area contributed by atoms with Crippen LogP contribution in [0.1, 0.15) is 45.2 Å². The highest BCUT2D eigenvalue weighted by atomic mass is 16.3. The lowest BCUT2D eigenvalue weighted by Crippen LogP contribution is -2.31. The highest BCUT2D eigenvalue weighted by Gasteiger charge is 2.11. The maximum Gasteiger partial charge on any atom is 0.0445 e. The highest BCUT2D eigenvalue weighted by molar-refractivity contribution is 5.47. The Morgan fingerprint density at radius 1 is 1.21 bits per heavy atom. The van der Waals surface area contributed by atoms with Crippen molar-refractivity contribution in [3.05, 3.63) is 29.8 Å². The number of nitrogens with one attached hydrogen (secondary N) is 1. The van der Waals surface area contributed by atoms with E-state index in [1.165, 1.54) is 11.3 Å². The molecule has 0 radical (unpaired) electrons. The summed E-state index contributed by atoms with van der Waals surface area (Å²) >= 11 is 0. The van der Waals surface area contributed by atoms with Crippen LogP contribution in [-0.2, 0) is 0 Å². The van der Waals surface area contributed by atoms with Gasteiger partial charge in [0.2, 0.25) is 0 Å². The molecule has 0 saturated carbocycles. The Bertz CT molecular complexity index is 350. The number of hydrogen-bond donors (Lipinski definition) is 2. The minimum absolute atomic E-state index is 0.248. The minimum Gasteiger partial charge on any atom is -0.396 e. The van der Waals surface area contributed by atoms with Crippen molar-refractivity contribution >= 4 is 5.69 Å². The van der Waals surface area contributed by atoms with E-state index in [2.05, 4.69) is 62.3 Å². The van der Waals surface area contributed by atoms with Crippen LogP contribution in [0.3, 0.4) is 0 Å². The first kappa shape index (κ1) is 16.0. The molecule has 1 aromatic carbocycles. The third-order valence-electron chi connectivity index (χ3n) is 3.76. The molecule has 0 amide bonds. The van der Waals surface area contributed by atoms with Crippen molar-refractivity contribution < 1.29 is 5.11 Å². The molecule has 1 rings (SSSR count). The van der Waals surface area contributed by atoms with Crippen molar-refractivity contribution in [1.29, 1.82) is 0 Å². The molecule has 0 aliphatic rings. The second kappa shape index (κ2) is 8.18. The van der Waals surface area contributed by atoms with Crippen molar-refractivity contribution in [2.24, 2.45) is 0 Å². The predicted octanol–water partition coefficient (Wildman–Crippen LogP) is 2.95. The summed E-state index contributed by atoms with van der Waals surface area (Å²) in [5, 5.41) is 12.6. The van der Waals surface area contributed by atoms with Crippen LogP contribution in [0.2, 0.25) is 0 Å². The molecular weight excluding hydrogens is 236 g/mol. The monoisotopic (exact) mass is 264 g/mol. The van der Waals surface area contributed by atoms with E-state index in [1.807, 2.05) is 0 Å². The highest BCUT2D eigenvalue weighted by Crippen LogP contribution is 2.19. The summed E-state index contributed by atoms with van der Waals surface area (Å²) in [5.74, 6) is 0. The van der Waals surface area contributed by atoms with Crippen LogP contribution in [0.25, 0.3) is 0 Å². The lowest BCUT2D eigenvalue weighted by Gasteiger charge is -2.23. The van der Waals surface area contributed by atoms with Crippen molar-refractivity contribution in [3.8, 4) is 0 Å². The van der Waals surface area contributed by atoms with E-state index in [4.69, 9.17) is 5.11 Å². The minimum atomic E-state index is 0.248. The molecule has 0 spiro atoms. The average Bonchev–Trinajstić information content (AvgIpc) is 2.45. The molecule has 2 N–H and O–H groups in total. The number of aliphatic hydroxyl groups is 1. The molecule has 0 fully saturated rings. The van der Waals surface area contributed by atoms with Crippen LogP contribution < -0.4 is 10.2 Å². The molecule has 108 valence electrons. The Balaban J connectivity index is 2.64. The molecular formula is C16H28N2O. The zero-order valence-corrected chi connectivity index (χ0v) is 12.7. The molecule has 3 nitrogen and oxygen atoms in total. The van der Waals surface area contributed by atoms with Gasteiger partial charge in [0.1, 0.15) is 0 Å². The van der Waals surface area contributed by atoms with Gasteiger partial charge in [0.25, 0.3) is 0 Å². The molecule has 0 bridgehead atoms. The Hall–Kier alpha value is -1.06. The van der Waals surface area contributed by atoms with Gasteiger partial charge in [-0.25, -0.2) is 0 Å². The maximum absolute atomic E-state index is 9.03. The van der Waals surface area contributed by atoms with Gasteiger partial charge in [0, 0.05) is 38.0 Å². The smallest absolute Gasteiger partial charge is 0.0445 e. The van der Waals surface area contributed by atoms with E-state index < -0.39 is 0 Å². The van der Waals surface area contributed by atoms with E-state index in [0.29, 0.717) is 12.1 Å². The van der Waals surface area contributed by atoms with E-state index in [0.717, 1.165) is 19.4 Å². The summed E-state index contributed by atoms with van der Waals surface area (Å²) in [6.07, 6.45) is 1.86. The van der Waals surface area contributed by atoms with Gasteiger partial charge in [-0.15, -0.1) is 0 Å². The van der Waals surface area contributed by atoms with E-state index in [-0.39, 0.29) is 6.61 Å². The fraction of sp³-hybridized carbons (Fsp3) is 0.625. The van der Waals surface area contributed by atoms with Crippen molar-refractivity contribution in [2.45, 2.75) is 45.7 Å². The second-order valence-corrected chi connectivity index (χ2v) is 5.11. The normalized spacial score (nSPS) is 14.2. The fourth-order valence-electron chi connectivity index (χ4n) is 2.21. The number of rotatable bonds is 8. The Labute approximate surface area is 117 Å². The van der Waals surface area contributed by atoms with Crippen molar-refractivity contribution in [2.75, 3.05) is 25.1 Å². The first-order valence-corrected chi connectivity index (χ1v) is 7.30. The van der Waals surface area contributed by atoms with Gasteiger partial charge in [-0.1, -0.05) is 19.1 Å². The standard InChI is InChI=1S/C16H28N2O/c1-5-15(11-12-19)17-13(3)14-7-9-16(10-8-14)18(4)6-2/h7-10,13,15,17,19H,5-6,11-12H2,1-4H3.